The molecule has 4 rings (SSSR count). The van der Waals surface area contributed by atoms with E-state index in [1.807, 2.05) is 80.2 Å². The molecule has 33 heavy (non-hydrogen) atoms. The zero-order chi connectivity index (χ0) is 23.5. The molecule has 1 aliphatic rings. The van der Waals surface area contributed by atoms with Gasteiger partial charge < -0.3 is 14.7 Å². The van der Waals surface area contributed by atoms with Gasteiger partial charge in [-0.1, -0.05) is 12.1 Å². The highest BCUT2D eigenvalue weighted by Crippen LogP contribution is 2.19. The van der Waals surface area contributed by atoms with Gasteiger partial charge >= 0.3 is 0 Å². The minimum atomic E-state index is -0.158. The van der Waals surface area contributed by atoms with Gasteiger partial charge in [0.05, 0.1) is 5.69 Å². The summed E-state index contributed by atoms with van der Waals surface area (Å²) in [5.74, 6) is 0.797. The summed E-state index contributed by atoms with van der Waals surface area (Å²) in [4.78, 5) is 31.7. The van der Waals surface area contributed by atoms with Crippen molar-refractivity contribution in [3.8, 4) is 5.69 Å². The molecule has 0 aliphatic carbocycles. The average Bonchev–Trinajstić information content (AvgIpc) is 3.07. The fraction of sp³-hybridized carbons (Fsp3) is 0.346. The lowest BCUT2D eigenvalue weighted by Gasteiger charge is -2.23. The van der Waals surface area contributed by atoms with Crippen LogP contribution in [0.4, 0.5) is 11.5 Å². The van der Waals surface area contributed by atoms with Crippen LogP contribution in [0.25, 0.3) is 5.69 Å². The molecule has 0 N–H and O–H groups in total. The molecule has 0 bridgehead atoms. The SMILES string of the molecule is Cc1ccc(-n2nc(N3CCCN(C(=O)c4cccc(N(C)C)c4)CC3)ccc2=O)cc1C. The second-order valence-corrected chi connectivity index (χ2v) is 8.79. The molecule has 3 aromatic rings. The molecule has 1 aliphatic heterocycles. The molecule has 7 nitrogen and oxygen atoms in total. The monoisotopic (exact) mass is 445 g/mol. The standard InChI is InChI=1S/C26H31N5O2/c1-19-9-10-23(17-20(19)2)31-25(32)12-11-24(27-31)29-13-6-14-30(16-15-29)26(33)21-7-5-8-22(18-21)28(3)4/h5,7-12,17-18H,6,13-16H2,1-4H3. The van der Waals surface area contributed by atoms with E-state index in [0.717, 1.165) is 35.7 Å². The Balaban J connectivity index is 1.52. The summed E-state index contributed by atoms with van der Waals surface area (Å²) >= 11 is 0. The molecule has 2 heterocycles. The number of carbonyl (C=O) groups is 1. The molecular weight excluding hydrogens is 414 g/mol. The number of anilines is 2. The minimum absolute atomic E-state index is 0.0496. The second-order valence-electron chi connectivity index (χ2n) is 8.79. The highest BCUT2D eigenvalue weighted by atomic mass is 16.2. The molecule has 0 saturated carbocycles. The molecule has 1 amide bonds. The van der Waals surface area contributed by atoms with Crippen LogP contribution in [-0.4, -0.2) is 60.9 Å². The third-order valence-corrected chi connectivity index (χ3v) is 6.24. The van der Waals surface area contributed by atoms with Crippen LogP contribution in [0.1, 0.15) is 27.9 Å². The van der Waals surface area contributed by atoms with E-state index in [1.54, 1.807) is 12.1 Å². The summed E-state index contributed by atoms with van der Waals surface area (Å²) in [7, 11) is 3.94. The Morgan fingerprint density at radius 2 is 1.73 bits per heavy atom. The largest absolute Gasteiger partial charge is 0.378 e. The lowest BCUT2D eigenvalue weighted by molar-refractivity contribution is 0.0767. The molecule has 0 radical (unpaired) electrons. The first kappa shape index (κ1) is 22.6. The van der Waals surface area contributed by atoms with Gasteiger partial charge in [-0.2, -0.15) is 4.68 Å². The van der Waals surface area contributed by atoms with E-state index >= 15 is 0 Å². The fourth-order valence-corrected chi connectivity index (χ4v) is 4.06. The van der Waals surface area contributed by atoms with E-state index in [9.17, 15) is 9.59 Å². The maximum Gasteiger partial charge on any atom is 0.271 e. The first-order valence-corrected chi connectivity index (χ1v) is 11.3. The van der Waals surface area contributed by atoms with Gasteiger partial charge in [-0.05, 0) is 67.8 Å². The third kappa shape index (κ3) is 4.92. The van der Waals surface area contributed by atoms with Gasteiger partial charge in [-0.3, -0.25) is 9.59 Å². The Labute approximate surface area is 194 Å². The van der Waals surface area contributed by atoms with Crippen LogP contribution in [0, 0.1) is 13.8 Å². The van der Waals surface area contributed by atoms with E-state index in [2.05, 4.69) is 10.00 Å². The number of aromatic nitrogens is 2. The number of nitrogens with zero attached hydrogens (tertiary/aromatic N) is 5. The van der Waals surface area contributed by atoms with Crippen LogP contribution < -0.4 is 15.4 Å². The summed E-state index contributed by atoms with van der Waals surface area (Å²) < 4.78 is 1.46. The number of rotatable bonds is 4. The molecule has 7 heteroatoms. The molecule has 1 saturated heterocycles. The summed E-state index contributed by atoms with van der Waals surface area (Å²) in [5, 5.41) is 4.66. The Morgan fingerprint density at radius 1 is 0.909 bits per heavy atom. The number of carbonyl (C=O) groups excluding carboxylic acids is 1. The smallest absolute Gasteiger partial charge is 0.271 e. The van der Waals surface area contributed by atoms with Gasteiger partial charge in [0.15, 0.2) is 0 Å². The van der Waals surface area contributed by atoms with Gasteiger partial charge in [-0.15, -0.1) is 5.10 Å². The normalized spacial score (nSPS) is 14.2. The van der Waals surface area contributed by atoms with Gasteiger partial charge in [0.1, 0.15) is 5.82 Å². The van der Waals surface area contributed by atoms with Crippen molar-refractivity contribution in [1.29, 1.82) is 0 Å². The summed E-state index contributed by atoms with van der Waals surface area (Å²) in [6.07, 6.45) is 0.837. The molecule has 2 aromatic carbocycles. The Hall–Kier alpha value is -3.61. The van der Waals surface area contributed by atoms with Crippen LogP contribution in [0.5, 0.6) is 0 Å². The van der Waals surface area contributed by atoms with Crippen molar-refractivity contribution in [1.82, 2.24) is 14.7 Å². The van der Waals surface area contributed by atoms with E-state index in [4.69, 9.17) is 0 Å². The van der Waals surface area contributed by atoms with Crippen molar-refractivity contribution in [2.24, 2.45) is 0 Å². The van der Waals surface area contributed by atoms with Crippen molar-refractivity contribution >= 4 is 17.4 Å². The van der Waals surface area contributed by atoms with E-state index in [-0.39, 0.29) is 11.5 Å². The van der Waals surface area contributed by atoms with Gasteiger partial charge in [0.25, 0.3) is 11.5 Å². The second kappa shape index (κ2) is 9.48. The maximum atomic E-state index is 13.1. The Kier molecular flexibility index (Phi) is 6.49. The molecular formula is C26H31N5O2. The van der Waals surface area contributed by atoms with Gasteiger partial charge in [-0.25, -0.2) is 0 Å². The van der Waals surface area contributed by atoms with Crippen molar-refractivity contribution in [2.45, 2.75) is 20.3 Å². The predicted octanol–water partition coefficient (Wildman–Crippen LogP) is 3.27. The predicted molar refractivity (Wildman–Crippen MR) is 133 cm³/mol. The Bertz CT molecular complexity index is 1220. The highest BCUT2D eigenvalue weighted by molar-refractivity contribution is 5.95. The molecule has 0 atom stereocenters. The number of amides is 1. The van der Waals surface area contributed by atoms with Crippen molar-refractivity contribution in [3.05, 3.63) is 81.6 Å². The van der Waals surface area contributed by atoms with E-state index < -0.39 is 0 Å². The fourth-order valence-electron chi connectivity index (χ4n) is 4.06. The third-order valence-electron chi connectivity index (χ3n) is 6.24. The Morgan fingerprint density at radius 3 is 2.48 bits per heavy atom. The van der Waals surface area contributed by atoms with E-state index in [1.165, 1.54) is 10.2 Å². The highest BCUT2D eigenvalue weighted by Gasteiger charge is 2.22. The first-order chi connectivity index (χ1) is 15.8. The van der Waals surface area contributed by atoms with Crippen LogP contribution >= 0.6 is 0 Å². The van der Waals surface area contributed by atoms with Crippen molar-refractivity contribution in [3.63, 3.8) is 0 Å². The van der Waals surface area contributed by atoms with Gasteiger partial charge in [0, 0.05) is 57.6 Å². The summed E-state index contributed by atoms with van der Waals surface area (Å²) in [6, 6.07) is 17.0. The lowest BCUT2D eigenvalue weighted by atomic mass is 10.1. The lowest BCUT2D eigenvalue weighted by Crippen LogP contribution is -2.36. The maximum absolute atomic E-state index is 13.1. The number of benzene rings is 2. The van der Waals surface area contributed by atoms with Crippen LogP contribution in [-0.2, 0) is 0 Å². The van der Waals surface area contributed by atoms with Crippen LogP contribution in [0.3, 0.4) is 0 Å². The average molecular weight is 446 g/mol. The molecule has 1 aromatic heterocycles. The first-order valence-electron chi connectivity index (χ1n) is 11.3. The molecule has 172 valence electrons. The van der Waals surface area contributed by atoms with Crippen LogP contribution in [0.15, 0.2) is 59.4 Å². The van der Waals surface area contributed by atoms with Crippen LogP contribution in [0.2, 0.25) is 0 Å². The topological polar surface area (TPSA) is 61.7 Å². The quantitative estimate of drug-likeness (QED) is 0.617. The zero-order valence-electron chi connectivity index (χ0n) is 19.8. The van der Waals surface area contributed by atoms with E-state index in [0.29, 0.717) is 25.2 Å². The molecule has 0 unspecified atom stereocenters. The number of aryl methyl sites for hydroxylation is 2. The van der Waals surface area contributed by atoms with Crippen molar-refractivity contribution < 1.29 is 4.79 Å². The number of hydrogen-bond donors (Lipinski definition) is 0. The minimum Gasteiger partial charge on any atom is -0.378 e. The van der Waals surface area contributed by atoms with Crippen molar-refractivity contribution in [2.75, 3.05) is 50.1 Å². The molecule has 1 fully saturated rings. The van der Waals surface area contributed by atoms with Gasteiger partial charge in [0.2, 0.25) is 0 Å². The number of hydrogen-bond acceptors (Lipinski definition) is 5. The summed E-state index contributed by atoms with van der Waals surface area (Å²) in [5.41, 5.74) is 4.61. The molecule has 0 spiro atoms. The zero-order valence-corrected chi connectivity index (χ0v) is 19.8. The summed E-state index contributed by atoms with van der Waals surface area (Å²) in [6.45, 7) is 6.82.